The van der Waals surface area contributed by atoms with Gasteiger partial charge in [-0.3, -0.25) is 4.79 Å². The summed E-state index contributed by atoms with van der Waals surface area (Å²) in [7, 11) is 0. The summed E-state index contributed by atoms with van der Waals surface area (Å²) in [6.07, 6.45) is 0.478. The van der Waals surface area contributed by atoms with Crippen molar-refractivity contribution in [2.24, 2.45) is 5.73 Å². The number of anilines is 2. The van der Waals surface area contributed by atoms with E-state index in [-0.39, 0.29) is 18.1 Å². The van der Waals surface area contributed by atoms with Crippen molar-refractivity contribution in [1.29, 1.82) is 0 Å². The molecule has 0 aliphatic heterocycles. The summed E-state index contributed by atoms with van der Waals surface area (Å²) in [6, 6.07) is 12.3. The Morgan fingerprint density at radius 1 is 1.00 bits per heavy atom. The van der Waals surface area contributed by atoms with Gasteiger partial charge in [0, 0.05) is 17.8 Å². The topological polar surface area (TPSA) is 84.2 Å². The highest BCUT2D eigenvalue weighted by Crippen LogP contribution is 2.16. The molecule has 0 saturated heterocycles. The summed E-state index contributed by atoms with van der Waals surface area (Å²) in [5, 5.41) is 5.11. The molecule has 0 radical (unpaired) electrons. The molecule has 6 heteroatoms. The van der Waals surface area contributed by atoms with E-state index in [2.05, 4.69) is 10.6 Å². The molecule has 2 aromatic rings. The lowest BCUT2D eigenvalue weighted by atomic mass is 10.1. The Kier molecular flexibility index (Phi) is 5.08. The molecule has 0 spiro atoms. The van der Waals surface area contributed by atoms with E-state index < -0.39 is 6.03 Å². The third-order valence-electron chi connectivity index (χ3n) is 2.99. The third kappa shape index (κ3) is 4.59. The molecule has 0 aromatic heterocycles. The SMILES string of the molecule is NC(=O)Nc1cccc(NC(=O)CCc2ccccc2F)c1. The molecule has 2 aromatic carbocycles. The van der Waals surface area contributed by atoms with Crippen LogP contribution in [0.15, 0.2) is 48.5 Å². The van der Waals surface area contributed by atoms with Crippen LogP contribution >= 0.6 is 0 Å². The fourth-order valence-corrected chi connectivity index (χ4v) is 1.99. The second kappa shape index (κ2) is 7.21. The molecule has 0 unspecified atom stereocenters. The van der Waals surface area contributed by atoms with Crippen LogP contribution in [-0.2, 0) is 11.2 Å². The van der Waals surface area contributed by atoms with Crippen LogP contribution in [0.4, 0.5) is 20.6 Å². The minimum atomic E-state index is -0.678. The van der Waals surface area contributed by atoms with Crippen molar-refractivity contribution in [1.82, 2.24) is 0 Å². The Labute approximate surface area is 127 Å². The molecule has 0 aliphatic rings. The van der Waals surface area contributed by atoms with E-state index in [9.17, 15) is 14.0 Å². The van der Waals surface area contributed by atoms with Crippen LogP contribution in [0, 0.1) is 5.82 Å². The van der Waals surface area contributed by atoms with Gasteiger partial charge >= 0.3 is 6.03 Å². The lowest BCUT2D eigenvalue weighted by Gasteiger charge is -2.08. The summed E-state index contributed by atoms with van der Waals surface area (Å²) >= 11 is 0. The number of nitrogens with one attached hydrogen (secondary N) is 2. The van der Waals surface area contributed by atoms with Crippen LogP contribution in [0.25, 0.3) is 0 Å². The van der Waals surface area contributed by atoms with Gasteiger partial charge in [-0.15, -0.1) is 0 Å². The number of aryl methyl sites for hydroxylation is 1. The molecule has 22 heavy (non-hydrogen) atoms. The van der Waals surface area contributed by atoms with Gasteiger partial charge in [-0.25, -0.2) is 9.18 Å². The molecule has 4 N–H and O–H groups in total. The largest absolute Gasteiger partial charge is 0.351 e. The fourth-order valence-electron chi connectivity index (χ4n) is 1.99. The Balaban J connectivity index is 1.92. The molecule has 0 heterocycles. The van der Waals surface area contributed by atoms with Gasteiger partial charge in [-0.2, -0.15) is 0 Å². The predicted octanol–water partition coefficient (Wildman–Crippen LogP) is 2.89. The van der Waals surface area contributed by atoms with Crippen molar-refractivity contribution < 1.29 is 14.0 Å². The standard InChI is InChI=1S/C16H16FN3O2/c17-14-7-2-1-4-11(14)8-9-15(21)19-12-5-3-6-13(10-12)20-16(18)22/h1-7,10H,8-9H2,(H,19,21)(H3,18,20,22). The highest BCUT2D eigenvalue weighted by Gasteiger charge is 2.07. The Morgan fingerprint density at radius 3 is 2.36 bits per heavy atom. The molecule has 3 amide bonds. The van der Waals surface area contributed by atoms with Gasteiger partial charge in [-0.1, -0.05) is 24.3 Å². The number of carbonyl (C=O) groups is 2. The zero-order valence-electron chi connectivity index (χ0n) is 11.8. The van der Waals surface area contributed by atoms with E-state index in [1.165, 1.54) is 6.07 Å². The number of urea groups is 1. The van der Waals surface area contributed by atoms with Crippen LogP contribution in [0.1, 0.15) is 12.0 Å². The number of amides is 3. The molecule has 0 aliphatic carbocycles. The zero-order valence-corrected chi connectivity index (χ0v) is 11.8. The first-order valence-corrected chi connectivity index (χ1v) is 6.74. The number of primary amides is 1. The number of hydrogen-bond acceptors (Lipinski definition) is 2. The van der Waals surface area contributed by atoms with Gasteiger partial charge in [0.2, 0.25) is 5.91 Å². The van der Waals surface area contributed by atoms with E-state index in [0.29, 0.717) is 23.4 Å². The summed E-state index contributed by atoms with van der Waals surface area (Å²) in [4.78, 5) is 22.7. The van der Waals surface area contributed by atoms with Crippen LogP contribution < -0.4 is 16.4 Å². The Hall–Kier alpha value is -2.89. The summed E-state index contributed by atoms with van der Waals surface area (Å²) in [5.74, 6) is -0.553. The monoisotopic (exact) mass is 301 g/mol. The van der Waals surface area contributed by atoms with Gasteiger partial charge in [0.05, 0.1) is 0 Å². The number of carbonyl (C=O) groups excluding carboxylic acids is 2. The first kappa shape index (κ1) is 15.5. The maximum absolute atomic E-state index is 13.5. The first-order valence-electron chi connectivity index (χ1n) is 6.74. The smallest absolute Gasteiger partial charge is 0.316 e. The maximum Gasteiger partial charge on any atom is 0.316 e. The third-order valence-corrected chi connectivity index (χ3v) is 2.99. The molecule has 2 rings (SSSR count). The lowest BCUT2D eigenvalue weighted by Crippen LogP contribution is -2.19. The average Bonchev–Trinajstić information content (AvgIpc) is 2.46. The first-order chi connectivity index (χ1) is 10.5. The molecule has 0 atom stereocenters. The van der Waals surface area contributed by atoms with Gasteiger partial charge in [0.1, 0.15) is 5.82 Å². The zero-order chi connectivity index (χ0) is 15.9. The van der Waals surface area contributed by atoms with Crippen molar-refractivity contribution in [3.8, 4) is 0 Å². The quantitative estimate of drug-likeness (QED) is 0.793. The minimum absolute atomic E-state index is 0.161. The number of halogens is 1. The molecular weight excluding hydrogens is 285 g/mol. The van der Waals surface area contributed by atoms with Crippen molar-refractivity contribution in [2.45, 2.75) is 12.8 Å². The highest BCUT2D eigenvalue weighted by atomic mass is 19.1. The van der Waals surface area contributed by atoms with Crippen molar-refractivity contribution in [3.05, 3.63) is 59.9 Å². The van der Waals surface area contributed by atoms with Gasteiger partial charge in [0.15, 0.2) is 0 Å². The van der Waals surface area contributed by atoms with Crippen LogP contribution in [0.5, 0.6) is 0 Å². The average molecular weight is 301 g/mol. The Bertz CT molecular complexity index is 689. The molecule has 0 fully saturated rings. The summed E-state index contributed by atoms with van der Waals surface area (Å²) in [6.45, 7) is 0. The molecule has 0 saturated carbocycles. The van der Waals surface area contributed by atoms with Gasteiger partial charge in [-0.05, 0) is 36.2 Å². The number of nitrogens with two attached hydrogens (primary N) is 1. The Morgan fingerprint density at radius 2 is 1.68 bits per heavy atom. The van der Waals surface area contributed by atoms with Gasteiger partial charge < -0.3 is 16.4 Å². The molecule has 114 valence electrons. The molecule has 0 bridgehead atoms. The van der Waals surface area contributed by atoms with Gasteiger partial charge in [0.25, 0.3) is 0 Å². The van der Waals surface area contributed by atoms with E-state index in [0.717, 1.165) is 0 Å². The van der Waals surface area contributed by atoms with E-state index in [4.69, 9.17) is 5.73 Å². The van der Waals surface area contributed by atoms with E-state index in [1.54, 1.807) is 42.5 Å². The normalized spacial score (nSPS) is 10.0. The summed E-state index contributed by atoms with van der Waals surface area (Å²) < 4.78 is 13.5. The number of rotatable bonds is 5. The maximum atomic E-state index is 13.5. The van der Waals surface area contributed by atoms with Crippen molar-refractivity contribution >= 4 is 23.3 Å². The van der Waals surface area contributed by atoms with Crippen molar-refractivity contribution in [3.63, 3.8) is 0 Å². The lowest BCUT2D eigenvalue weighted by molar-refractivity contribution is -0.116. The van der Waals surface area contributed by atoms with Crippen LogP contribution in [0.3, 0.4) is 0 Å². The second-order valence-electron chi connectivity index (χ2n) is 4.71. The summed E-state index contributed by atoms with van der Waals surface area (Å²) in [5.41, 5.74) is 6.55. The van der Waals surface area contributed by atoms with Crippen molar-refractivity contribution in [2.75, 3.05) is 10.6 Å². The number of benzene rings is 2. The van der Waals surface area contributed by atoms with Crippen LogP contribution in [-0.4, -0.2) is 11.9 Å². The second-order valence-corrected chi connectivity index (χ2v) is 4.71. The van der Waals surface area contributed by atoms with Crippen LogP contribution in [0.2, 0.25) is 0 Å². The molecule has 5 nitrogen and oxygen atoms in total. The fraction of sp³-hybridized carbons (Fsp3) is 0.125. The molecular formula is C16H16FN3O2. The predicted molar refractivity (Wildman–Crippen MR) is 83.0 cm³/mol. The highest BCUT2D eigenvalue weighted by molar-refractivity contribution is 5.93. The van der Waals surface area contributed by atoms with E-state index in [1.807, 2.05) is 0 Å². The number of hydrogen-bond donors (Lipinski definition) is 3. The minimum Gasteiger partial charge on any atom is -0.351 e. The van der Waals surface area contributed by atoms with E-state index >= 15 is 0 Å².